The topological polar surface area (TPSA) is 26.3 Å². The number of rotatable bonds is 2. The molecule has 0 unspecified atom stereocenters. The van der Waals surface area contributed by atoms with Crippen LogP contribution in [0.25, 0.3) is 0 Å². The van der Waals surface area contributed by atoms with Gasteiger partial charge in [0.15, 0.2) is 0 Å². The number of carbonyl (C=O) groups excluding carboxylic acids is 1. The zero-order valence-electron chi connectivity index (χ0n) is 7.38. The van der Waals surface area contributed by atoms with E-state index < -0.39 is 0 Å². The van der Waals surface area contributed by atoms with Crippen LogP contribution >= 0.6 is 22.6 Å². The van der Waals surface area contributed by atoms with E-state index in [0.29, 0.717) is 0 Å². The first-order chi connectivity index (χ1) is 5.72. The Morgan fingerprint density at radius 2 is 2.00 bits per heavy atom. The third kappa shape index (κ3) is 3.29. The summed E-state index contributed by atoms with van der Waals surface area (Å²) in [5, 5.41) is 0. The minimum Gasteiger partial charge on any atom is -0.455 e. The fourth-order valence-corrected chi connectivity index (χ4v) is 2.15. The van der Waals surface area contributed by atoms with E-state index in [9.17, 15) is 4.79 Å². The molecule has 0 N–H and O–H groups in total. The number of carbonyl (C=O) groups is 1. The lowest BCUT2D eigenvalue weighted by Crippen LogP contribution is -2.21. The van der Waals surface area contributed by atoms with Gasteiger partial charge >= 0.3 is 3.98 Å². The average Bonchev–Trinajstić information content (AvgIpc) is 2.05. The van der Waals surface area contributed by atoms with Gasteiger partial charge < -0.3 is 4.74 Å². The fourth-order valence-electron chi connectivity index (χ4n) is 1.79. The Hall–Kier alpha value is 0.200. The van der Waals surface area contributed by atoms with Crippen LogP contribution in [0, 0.1) is 5.92 Å². The van der Waals surface area contributed by atoms with Gasteiger partial charge in [-0.3, -0.25) is 0 Å². The van der Waals surface area contributed by atoms with E-state index in [4.69, 9.17) is 4.74 Å². The summed E-state index contributed by atoms with van der Waals surface area (Å²) in [6.07, 6.45) is 6.05. The lowest BCUT2D eigenvalue weighted by Gasteiger charge is -2.26. The largest absolute Gasteiger partial charge is 0.455 e. The normalized spacial score (nSPS) is 29.8. The van der Waals surface area contributed by atoms with Crippen molar-refractivity contribution in [2.24, 2.45) is 5.92 Å². The van der Waals surface area contributed by atoms with Crippen LogP contribution in [-0.2, 0) is 4.74 Å². The molecule has 0 aromatic rings. The highest BCUT2D eigenvalue weighted by atomic mass is 127. The van der Waals surface area contributed by atoms with Crippen molar-refractivity contribution in [2.45, 2.75) is 45.1 Å². The Labute approximate surface area is 87.2 Å². The number of hydrogen-bond donors (Lipinski definition) is 0. The molecule has 1 fully saturated rings. The Kier molecular flexibility index (Phi) is 4.32. The van der Waals surface area contributed by atoms with Crippen molar-refractivity contribution in [1.82, 2.24) is 0 Å². The molecule has 0 aliphatic heterocycles. The standard InChI is InChI=1S/C9H15IO2/c1-2-7-3-5-8(6-4-7)12-9(10)11/h7-8H,2-6H2,1H3. The highest BCUT2D eigenvalue weighted by Crippen LogP contribution is 2.28. The molecule has 1 aliphatic rings. The van der Waals surface area contributed by atoms with E-state index >= 15 is 0 Å². The quantitative estimate of drug-likeness (QED) is 0.572. The Morgan fingerprint density at radius 1 is 1.42 bits per heavy atom. The molecule has 1 aliphatic carbocycles. The van der Waals surface area contributed by atoms with Crippen molar-refractivity contribution in [3.8, 4) is 0 Å². The Morgan fingerprint density at radius 3 is 2.42 bits per heavy atom. The first-order valence-corrected chi connectivity index (χ1v) is 5.66. The van der Waals surface area contributed by atoms with Crippen molar-refractivity contribution < 1.29 is 9.53 Å². The first kappa shape index (κ1) is 10.3. The molecule has 12 heavy (non-hydrogen) atoms. The predicted octanol–water partition coefficient (Wildman–Crippen LogP) is 3.53. The summed E-state index contributed by atoms with van der Waals surface area (Å²) in [7, 11) is 0. The molecule has 0 atom stereocenters. The van der Waals surface area contributed by atoms with Gasteiger partial charge in [-0.2, -0.15) is 0 Å². The Balaban J connectivity index is 2.21. The van der Waals surface area contributed by atoms with Crippen molar-refractivity contribution in [2.75, 3.05) is 0 Å². The minimum atomic E-state index is -0.160. The van der Waals surface area contributed by atoms with E-state index in [2.05, 4.69) is 6.92 Å². The van der Waals surface area contributed by atoms with Gasteiger partial charge in [0.25, 0.3) is 0 Å². The maximum atomic E-state index is 10.6. The van der Waals surface area contributed by atoms with Gasteiger partial charge in [0.2, 0.25) is 0 Å². The van der Waals surface area contributed by atoms with Crippen LogP contribution in [0.3, 0.4) is 0 Å². The van der Waals surface area contributed by atoms with Gasteiger partial charge in [0.05, 0.1) is 22.6 Å². The summed E-state index contributed by atoms with van der Waals surface area (Å²) in [4.78, 5) is 10.6. The zero-order valence-corrected chi connectivity index (χ0v) is 9.54. The molecule has 0 amide bonds. The number of hydrogen-bond acceptors (Lipinski definition) is 2. The molecule has 0 spiro atoms. The maximum Gasteiger partial charge on any atom is 0.367 e. The molecule has 0 aromatic carbocycles. The fraction of sp³-hybridized carbons (Fsp3) is 0.889. The molecule has 0 saturated heterocycles. The lowest BCUT2D eigenvalue weighted by molar-refractivity contribution is 0.0853. The van der Waals surface area contributed by atoms with E-state index in [1.165, 1.54) is 19.3 Å². The average molecular weight is 282 g/mol. The van der Waals surface area contributed by atoms with E-state index in [0.717, 1.165) is 18.8 Å². The molecule has 2 nitrogen and oxygen atoms in total. The van der Waals surface area contributed by atoms with Crippen LogP contribution in [0.5, 0.6) is 0 Å². The molecule has 0 bridgehead atoms. The summed E-state index contributed by atoms with van der Waals surface area (Å²) >= 11 is 1.70. The third-order valence-electron chi connectivity index (χ3n) is 2.63. The van der Waals surface area contributed by atoms with Gasteiger partial charge in [-0.15, -0.1) is 0 Å². The van der Waals surface area contributed by atoms with Crippen LogP contribution in [0.15, 0.2) is 0 Å². The molecule has 1 rings (SSSR count). The predicted molar refractivity (Wildman–Crippen MR) is 56.5 cm³/mol. The smallest absolute Gasteiger partial charge is 0.367 e. The summed E-state index contributed by atoms with van der Waals surface area (Å²) in [6, 6.07) is 0. The van der Waals surface area contributed by atoms with Gasteiger partial charge in [0, 0.05) is 0 Å². The van der Waals surface area contributed by atoms with Crippen molar-refractivity contribution >= 4 is 26.6 Å². The van der Waals surface area contributed by atoms with Crippen LogP contribution in [0.1, 0.15) is 39.0 Å². The van der Waals surface area contributed by atoms with Gasteiger partial charge in [-0.1, -0.05) is 13.3 Å². The molecule has 70 valence electrons. The van der Waals surface area contributed by atoms with E-state index in [-0.39, 0.29) is 10.1 Å². The highest BCUT2D eigenvalue weighted by molar-refractivity contribution is 14.1. The lowest BCUT2D eigenvalue weighted by atomic mass is 9.86. The van der Waals surface area contributed by atoms with Crippen molar-refractivity contribution in [3.05, 3.63) is 0 Å². The van der Waals surface area contributed by atoms with Gasteiger partial charge in [-0.05, 0) is 31.6 Å². The van der Waals surface area contributed by atoms with Gasteiger partial charge in [0.1, 0.15) is 6.10 Å². The number of ether oxygens (including phenoxy) is 1. The maximum absolute atomic E-state index is 10.6. The SMILES string of the molecule is CCC1CCC(OC(=O)I)CC1. The van der Waals surface area contributed by atoms with E-state index in [1.54, 1.807) is 22.6 Å². The van der Waals surface area contributed by atoms with Crippen LogP contribution in [-0.4, -0.2) is 10.1 Å². The summed E-state index contributed by atoms with van der Waals surface area (Å²) in [6.45, 7) is 2.23. The van der Waals surface area contributed by atoms with Crippen molar-refractivity contribution in [1.29, 1.82) is 0 Å². The summed E-state index contributed by atoms with van der Waals surface area (Å²) in [5.74, 6) is 0.870. The second-order valence-electron chi connectivity index (χ2n) is 3.41. The monoisotopic (exact) mass is 282 g/mol. The molecule has 1 saturated carbocycles. The van der Waals surface area contributed by atoms with Crippen LogP contribution in [0.4, 0.5) is 4.79 Å². The second-order valence-corrected chi connectivity index (χ2v) is 4.29. The minimum absolute atomic E-state index is 0.160. The highest BCUT2D eigenvalue weighted by Gasteiger charge is 2.21. The molecule has 0 heterocycles. The summed E-state index contributed by atoms with van der Waals surface area (Å²) < 4.78 is 4.97. The van der Waals surface area contributed by atoms with Gasteiger partial charge in [-0.25, -0.2) is 4.79 Å². The molecular weight excluding hydrogens is 267 g/mol. The molecular formula is C9H15IO2. The zero-order chi connectivity index (χ0) is 8.97. The van der Waals surface area contributed by atoms with E-state index in [1.807, 2.05) is 0 Å². The summed E-state index contributed by atoms with van der Waals surface area (Å²) in [5.41, 5.74) is 0. The van der Waals surface area contributed by atoms with Crippen molar-refractivity contribution in [3.63, 3.8) is 0 Å². The second kappa shape index (κ2) is 5.04. The Bertz CT molecular complexity index is 151. The van der Waals surface area contributed by atoms with Crippen LogP contribution in [0.2, 0.25) is 0 Å². The molecule has 3 heteroatoms. The van der Waals surface area contributed by atoms with Crippen LogP contribution < -0.4 is 0 Å². The first-order valence-electron chi connectivity index (χ1n) is 4.58. The third-order valence-corrected chi connectivity index (χ3v) is 2.88. The number of halogens is 1. The molecule has 0 aromatic heterocycles. The molecule has 0 radical (unpaired) electrons.